The number of carbonyl (C=O) groups is 4. The van der Waals surface area contributed by atoms with E-state index in [1.54, 1.807) is 37.3 Å². The Morgan fingerprint density at radius 2 is 1.73 bits per heavy atom. The van der Waals surface area contributed by atoms with Crippen LogP contribution in [0.2, 0.25) is 0 Å². The van der Waals surface area contributed by atoms with Crippen molar-refractivity contribution >= 4 is 41.2 Å². The fourth-order valence-electron chi connectivity index (χ4n) is 6.68. The standard InChI is InChI=1S/C34H29NO6/c1-4-19-5-9-21(10-6-19)35-33(39)24-13-12-22-23(11-7-20-8-14-27(36)29(16-20)41-3)30-26(17-25(22)31(24)34(35)40)32(38)18(2)15-28(30)37/h4-12,14-16,23-25,31,36H,1,13,17H2,2-3H3. The van der Waals surface area contributed by atoms with E-state index < -0.39 is 23.7 Å². The highest BCUT2D eigenvalue weighted by Crippen LogP contribution is 2.53. The Balaban J connectivity index is 1.41. The molecule has 7 nitrogen and oxygen atoms in total. The maximum absolute atomic E-state index is 13.9. The van der Waals surface area contributed by atoms with Gasteiger partial charge in [-0.1, -0.05) is 54.7 Å². The fraction of sp³-hybridized carbons (Fsp3) is 0.235. The van der Waals surface area contributed by atoms with Crippen molar-refractivity contribution in [3.63, 3.8) is 0 Å². The van der Waals surface area contributed by atoms with Crippen LogP contribution in [0.1, 0.15) is 30.9 Å². The number of fused-ring (bicyclic) bond motifs is 3. The number of methoxy groups -OCH3 is 1. The first-order valence-corrected chi connectivity index (χ1v) is 13.6. The number of anilines is 1. The Kier molecular flexibility index (Phi) is 6.45. The highest BCUT2D eigenvalue weighted by atomic mass is 16.5. The lowest BCUT2D eigenvalue weighted by molar-refractivity contribution is -0.123. The van der Waals surface area contributed by atoms with Crippen molar-refractivity contribution in [3.8, 4) is 11.5 Å². The third kappa shape index (κ3) is 4.20. The van der Waals surface area contributed by atoms with Gasteiger partial charge in [-0.25, -0.2) is 0 Å². The first-order valence-electron chi connectivity index (χ1n) is 13.6. The van der Waals surface area contributed by atoms with Gasteiger partial charge in [0, 0.05) is 22.6 Å². The Hall–Kier alpha value is -4.78. The van der Waals surface area contributed by atoms with E-state index in [9.17, 15) is 24.3 Å². The van der Waals surface area contributed by atoms with Crippen LogP contribution in [0.15, 0.2) is 89.6 Å². The summed E-state index contributed by atoms with van der Waals surface area (Å²) in [5, 5.41) is 9.99. The molecule has 1 heterocycles. The van der Waals surface area contributed by atoms with E-state index >= 15 is 0 Å². The van der Waals surface area contributed by atoms with Gasteiger partial charge in [-0.05, 0) is 67.2 Å². The van der Waals surface area contributed by atoms with E-state index in [-0.39, 0.29) is 35.6 Å². The van der Waals surface area contributed by atoms with E-state index in [0.717, 1.165) is 16.7 Å². The summed E-state index contributed by atoms with van der Waals surface area (Å²) in [6.07, 6.45) is 9.37. The third-order valence-electron chi connectivity index (χ3n) is 8.68. The second-order valence-corrected chi connectivity index (χ2v) is 10.9. The van der Waals surface area contributed by atoms with Crippen LogP contribution in [0.25, 0.3) is 12.2 Å². The number of phenols is 1. The topological polar surface area (TPSA) is 101 Å². The first kappa shape index (κ1) is 26.4. The number of nitrogens with zero attached hydrogens (tertiary/aromatic N) is 1. The van der Waals surface area contributed by atoms with Gasteiger partial charge in [0.15, 0.2) is 23.1 Å². The molecule has 0 spiro atoms. The molecule has 2 aromatic carbocycles. The number of phenolic OH excluding ortho intramolecular Hbond substituents is 1. The van der Waals surface area contributed by atoms with Crippen molar-refractivity contribution in [2.75, 3.05) is 12.0 Å². The van der Waals surface area contributed by atoms with Crippen LogP contribution in [0, 0.1) is 23.7 Å². The predicted octanol–water partition coefficient (Wildman–Crippen LogP) is 5.22. The molecular weight excluding hydrogens is 518 g/mol. The van der Waals surface area contributed by atoms with Gasteiger partial charge in [0.05, 0.1) is 24.6 Å². The summed E-state index contributed by atoms with van der Waals surface area (Å²) < 4.78 is 5.23. The number of ether oxygens (including phenoxy) is 1. The second-order valence-electron chi connectivity index (χ2n) is 10.9. The Bertz CT molecular complexity index is 1650. The minimum absolute atomic E-state index is 0.00942. The van der Waals surface area contributed by atoms with Crippen LogP contribution >= 0.6 is 0 Å². The average Bonchev–Trinajstić information content (AvgIpc) is 3.24. The highest BCUT2D eigenvalue weighted by Gasteiger charge is 2.56. The molecule has 7 heteroatoms. The van der Waals surface area contributed by atoms with E-state index in [4.69, 9.17) is 4.74 Å². The van der Waals surface area contributed by atoms with Gasteiger partial charge in [0.25, 0.3) is 0 Å². The van der Waals surface area contributed by atoms with E-state index in [2.05, 4.69) is 6.58 Å². The minimum atomic E-state index is -0.630. The number of carbonyl (C=O) groups excluding carboxylic acids is 4. The summed E-state index contributed by atoms with van der Waals surface area (Å²) in [4.78, 5) is 55.5. The molecule has 2 aromatic rings. The molecule has 0 radical (unpaired) electrons. The number of hydrogen-bond donors (Lipinski definition) is 1. The summed E-state index contributed by atoms with van der Waals surface area (Å²) >= 11 is 0. The van der Waals surface area contributed by atoms with E-state index in [0.29, 0.717) is 34.6 Å². The summed E-state index contributed by atoms with van der Waals surface area (Å²) in [7, 11) is 1.46. The number of hydrogen-bond acceptors (Lipinski definition) is 6. The lowest BCUT2D eigenvalue weighted by atomic mass is 9.60. The quantitative estimate of drug-likeness (QED) is 0.313. The number of benzene rings is 2. The molecule has 4 aliphatic rings. The molecule has 1 aliphatic heterocycles. The van der Waals surface area contributed by atoms with Gasteiger partial charge >= 0.3 is 0 Å². The number of rotatable bonds is 5. The molecule has 41 heavy (non-hydrogen) atoms. The third-order valence-corrected chi connectivity index (χ3v) is 8.68. The van der Waals surface area contributed by atoms with Crippen LogP contribution < -0.4 is 9.64 Å². The molecular formula is C34H29NO6. The number of Topliss-reactive ketones (excluding diaryl/α,β-unsaturated/α-hetero) is 1. The normalized spacial score (nSPS) is 25.6. The molecule has 1 N–H and O–H groups in total. The van der Waals surface area contributed by atoms with E-state index in [1.165, 1.54) is 24.2 Å². The molecule has 4 unspecified atom stereocenters. The van der Waals surface area contributed by atoms with Gasteiger partial charge in [0.2, 0.25) is 11.8 Å². The van der Waals surface area contributed by atoms with E-state index in [1.807, 2.05) is 30.4 Å². The van der Waals surface area contributed by atoms with Gasteiger partial charge < -0.3 is 9.84 Å². The molecule has 0 saturated carbocycles. The SMILES string of the molecule is C=Cc1ccc(N2C(=O)C3CC=C4C(C=Cc5ccc(O)c(OC)c5)C5=C(CC4C3C2=O)C(=O)C(C)=CC5=O)cc1. The number of aromatic hydroxyl groups is 1. The van der Waals surface area contributed by atoms with Crippen molar-refractivity contribution < 1.29 is 29.0 Å². The lowest BCUT2D eigenvalue weighted by Gasteiger charge is -2.41. The van der Waals surface area contributed by atoms with Gasteiger partial charge in [-0.2, -0.15) is 0 Å². The molecule has 1 saturated heterocycles. The summed E-state index contributed by atoms with van der Waals surface area (Å²) in [5.41, 5.74) is 4.23. The number of amides is 2. The van der Waals surface area contributed by atoms with Crippen molar-refractivity contribution in [2.45, 2.75) is 19.8 Å². The zero-order valence-corrected chi connectivity index (χ0v) is 22.8. The van der Waals surface area contributed by atoms with Crippen molar-refractivity contribution in [1.29, 1.82) is 0 Å². The lowest BCUT2D eigenvalue weighted by Crippen LogP contribution is -2.40. The molecule has 1 fully saturated rings. The van der Waals surface area contributed by atoms with Crippen LogP contribution in [-0.4, -0.2) is 35.6 Å². The van der Waals surface area contributed by atoms with Crippen molar-refractivity contribution in [3.05, 3.63) is 101 Å². The first-order chi connectivity index (χ1) is 19.7. The number of allylic oxidation sites excluding steroid dienone is 7. The van der Waals surface area contributed by atoms with Crippen molar-refractivity contribution in [1.82, 2.24) is 0 Å². The van der Waals surface area contributed by atoms with Gasteiger partial charge in [-0.3, -0.25) is 24.1 Å². The number of imide groups is 1. The Labute approximate surface area is 237 Å². The average molecular weight is 548 g/mol. The molecule has 4 atom stereocenters. The number of ketones is 2. The predicted molar refractivity (Wildman–Crippen MR) is 155 cm³/mol. The van der Waals surface area contributed by atoms with Crippen LogP contribution in [-0.2, 0) is 19.2 Å². The van der Waals surface area contributed by atoms with Crippen LogP contribution in [0.4, 0.5) is 5.69 Å². The summed E-state index contributed by atoms with van der Waals surface area (Å²) in [6.45, 7) is 5.39. The smallest absolute Gasteiger partial charge is 0.238 e. The maximum Gasteiger partial charge on any atom is 0.238 e. The van der Waals surface area contributed by atoms with Gasteiger partial charge in [0.1, 0.15) is 0 Å². The molecule has 6 rings (SSSR count). The minimum Gasteiger partial charge on any atom is -0.504 e. The highest BCUT2D eigenvalue weighted by molar-refractivity contribution is 6.24. The fourth-order valence-corrected chi connectivity index (χ4v) is 6.68. The maximum atomic E-state index is 13.9. The summed E-state index contributed by atoms with van der Waals surface area (Å²) in [6, 6.07) is 12.0. The molecule has 206 valence electrons. The monoisotopic (exact) mass is 547 g/mol. The zero-order valence-electron chi connectivity index (χ0n) is 22.8. The molecule has 0 bridgehead atoms. The molecule has 0 aromatic heterocycles. The zero-order chi connectivity index (χ0) is 29.0. The van der Waals surface area contributed by atoms with Crippen LogP contribution in [0.5, 0.6) is 11.5 Å². The largest absolute Gasteiger partial charge is 0.504 e. The van der Waals surface area contributed by atoms with Crippen LogP contribution in [0.3, 0.4) is 0 Å². The Morgan fingerprint density at radius 3 is 2.44 bits per heavy atom. The Morgan fingerprint density at radius 1 is 1.00 bits per heavy atom. The summed E-state index contributed by atoms with van der Waals surface area (Å²) in [5.74, 6) is -2.70. The van der Waals surface area contributed by atoms with Gasteiger partial charge in [-0.15, -0.1) is 0 Å². The van der Waals surface area contributed by atoms with Crippen molar-refractivity contribution in [2.24, 2.45) is 23.7 Å². The molecule has 2 amide bonds. The second kappa shape index (κ2) is 10.0. The molecule has 3 aliphatic carbocycles.